The summed E-state index contributed by atoms with van der Waals surface area (Å²) in [5.41, 5.74) is 1.44. The van der Waals surface area contributed by atoms with Crippen molar-refractivity contribution in [1.29, 1.82) is 0 Å². The normalized spacial score (nSPS) is 16.0. The molecule has 0 spiro atoms. The van der Waals surface area contributed by atoms with E-state index in [1.54, 1.807) is 6.33 Å². The second-order valence-electron chi connectivity index (χ2n) is 6.39. The standard InChI is InChI=1S/C16H28N4O/c1-4-8-17-14-13(12(2)3)15(20-11-19-14)18-10-16(5-6-16)7-9-21/h11-12,21H,4-10H2,1-3H3,(H2,17,18,19,20). The zero-order chi connectivity index (χ0) is 15.3. The van der Waals surface area contributed by atoms with Crippen molar-refractivity contribution in [1.82, 2.24) is 9.97 Å². The third-order valence-corrected chi connectivity index (χ3v) is 4.23. The quantitative estimate of drug-likeness (QED) is 0.653. The average molecular weight is 292 g/mol. The van der Waals surface area contributed by atoms with Crippen molar-refractivity contribution in [3.05, 3.63) is 11.9 Å². The number of aliphatic hydroxyl groups excluding tert-OH is 1. The molecule has 0 bridgehead atoms. The Kier molecular flexibility index (Phi) is 5.39. The maximum absolute atomic E-state index is 9.16. The lowest BCUT2D eigenvalue weighted by Crippen LogP contribution is -2.19. The Bertz CT molecular complexity index is 458. The van der Waals surface area contributed by atoms with Crippen LogP contribution in [0.3, 0.4) is 0 Å². The van der Waals surface area contributed by atoms with Crippen LogP contribution < -0.4 is 10.6 Å². The van der Waals surface area contributed by atoms with Gasteiger partial charge in [0.2, 0.25) is 0 Å². The zero-order valence-electron chi connectivity index (χ0n) is 13.4. The number of hydrogen-bond acceptors (Lipinski definition) is 5. The maximum Gasteiger partial charge on any atom is 0.135 e. The third kappa shape index (κ3) is 4.06. The highest BCUT2D eigenvalue weighted by atomic mass is 16.3. The summed E-state index contributed by atoms with van der Waals surface area (Å²) in [5, 5.41) is 16.0. The summed E-state index contributed by atoms with van der Waals surface area (Å²) in [5.74, 6) is 2.24. The van der Waals surface area contributed by atoms with Gasteiger partial charge in [-0.25, -0.2) is 9.97 Å². The van der Waals surface area contributed by atoms with Gasteiger partial charge in [0.15, 0.2) is 0 Å². The van der Waals surface area contributed by atoms with E-state index in [2.05, 4.69) is 41.4 Å². The van der Waals surface area contributed by atoms with Crippen LogP contribution in [0.5, 0.6) is 0 Å². The lowest BCUT2D eigenvalue weighted by atomic mass is 10.0. The van der Waals surface area contributed by atoms with Crippen LogP contribution in [0.15, 0.2) is 6.33 Å². The zero-order valence-corrected chi connectivity index (χ0v) is 13.4. The van der Waals surface area contributed by atoms with Gasteiger partial charge in [-0.15, -0.1) is 0 Å². The van der Waals surface area contributed by atoms with Gasteiger partial charge in [-0.3, -0.25) is 0 Å². The molecule has 118 valence electrons. The Morgan fingerprint density at radius 3 is 2.43 bits per heavy atom. The Morgan fingerprint density at radius 1 is 1.24 bits per heavy atom. The number of aromatic nitrogens is 2. The van der Waals surface area contributed by atoms with Crippen molar-refractivity contribution in [3.63, 3.8) is 0 Å². The summed E-state index contributed by atoms with van der Waals surface area (Å²) in [6, 6.07) is 0. The van der Waals surface area contributed by atoms with E-state index in [9.17, 15) is 0 Å². The predicted molar refractivity (Wildman–Crippen MR) is 86.8 cm³/mol. The molecule has 1 heterocycles. The highest BCUT2D eigenvalue weighted by Crippen LogP contribution is 2.48. The lowest BCUT2D eigenvalue weighted by molar-refractivity contribution is 0.253. The van der Waals surface area contributed by atoms with Crippen molar-refractivity contribution in [2.45, 2.75) is 52.4 Å². The molecule has 0 atom stereocenters. The van der Waals surface area contributed by atoms with E-state index in [1.165, 1.54) is 12.8 Å². The van der Waals surface area contributed by atoms with Crippen LogP contribution >= 0.6 is 0 Å². The van der Waals surface area contributed by atoms with E-state index in [0.29, 0.717) is 5.92 Å². The minimum absolute atomic E-state index is 0.270. The lowest BCUT2D eigenvalue weighted by Gasteiger charge is -2.20. The van der Waals surface area contributed by atoms with Crippen molar-refractivity contribution in [3.8, 4) is 0 Å². The Hall–Kier alpha value is -1.36. The van der Waals surface area contributed by atoms with E-state index in [0.717, 1.165) is 43.1 Å². The van der Waals surface area contributed by atoms with Crippen molar-refractivity contribution < 1.29 is 5.11 Å². The van der Waals surface area contributed by atoms with Gasteiger partial charge in [-0.05, 0) is 37.0 Å². The second kappa shape index (κ2) is 7.07. The van der Waals surface area contributed by atoms with Crippen LogP contribution in [-0.4, -0.2) is 34.8 Å². The van der Waals surface area contributed by atoms with E-state index in [4.69, 9.17) is 5.11 Å². The number of anilines is 2. The molecule has 1 aromatic rings. The Balaban J connectivity index is 2.10. The molecular formula is C16H28N4O. The molecule has 3 N–H and O–H groups in total. The summed E-state index contributed by atoms with van der Waals surface area (Å²) < 4.78 is 0. The van der Waals surface area contributed by atoms with Crippen molar-refractivity contribution in [2.24, 2.45) is 5.41 Å². The van der Waals surface area contributed by atoms with Crippen LogP contribution in [0.25, 0.3) is 0 Å². The Morgan fingerprint density at radius 2 is 1.90 bits per heavy atom. The number of nitrogens with one attached hydrogen (secondary N) is 2. The topological polar surface area (TPSA) is 70.1 Å². The highest BCUT2D eigenvalue weighted by Gasteiger charge is 2.41. The third-order valence-electron chi connectivity index (χ3n) is 4.23. The molecule has 0 unspecified atom stereocenters. The molecule has 21 heavy (non-hydrogen) atoms. The predicted octanol–water partition coefficient (Wildman–Crippen LogP) is 3.00. The van der Waals surface area contributed by atoms with E-state index in [1.807, 2.05) is 0 Å². The molecule has 1 aromatic heterocycles. The number of rotatable bonds is 9. The summed E-state index contributed by atoms with van der Waals surface area (Å²) in [7, 11) is 0. The van der Waals surface area contributed by atoms with Crippen LogP contribution in [-0.2, 0) is 0 Å². The first-order valence-electron chi connectivity index (χ1n) is 8.05. The fraction of sp³-hybridized carbons (Fsp3) is 0.750. The minimum Gasteiger partial charge on any atom is -0.396 e. The highest BCUT2D eigenvalue weighted by molar-refractivity contribution is 5.59. The molecule has 1 aliphatic carbocycles. The molecule has 5 nitrogen and oxygen atoms in total. The molecule has 0 aromatic carbocycles. The fourth-order valence-corrected chi connectivity index (χ4v) is 2.67. The maximum atomic E-state index is 9.16. The van der Waals surface area contributed by atoms with E-state index < -0.39 is 0 Å². The van der Waals surface area contributed by atoms with Crippen molar-refractivity contribution >= 4 is 11.6 Å². The monoisotopic (exact) mass is 292 g/mol. The van der Waals surface area contributed by atoms with E-state index >= 15 is 0 Å². The summed E-state index contributed by atoms with van der Waals surface area (Å²) >= 11 is 0. The van der Waals surface area contributed by atoms with Gasteiger partial charge in [0, 0.05) is 25.3 Å². The molecule has 1 saturated carbocycles. The molecule has 0 amide bonds. The number of aliphatic hydroxyl groups is 1. The SMILES string of the molecule is CCCNc1ncnc(NCC2(CCO)CC2)c1C(C)C. The molecule has 0 saturated heterocycles. The molecule has 5 heteroatoms. The average Bonchev–Trinajstić information content (AvgIpc) is 3.23. The molecular weight excluding hydrogens is 264 g/mol. The van der Waals surface area contributed by atoms with Gasteiger partial charge in [0.1, 0.15) is 18.0 Å². The minimum atomic E-state index is 0.270. The molecule has 2 rings (SSSR count). The largest absolute Gasteiger partial charge is 0.396 e. The first-order valence-corrected chi connectivity index (χ1v) is 8.05. The first kappa shape index (κ1) is 16.0. The number of hydrogen-bond donors (Lipinski definition) is 3. The molecule has 1 fully saturated rings. The number of nitrogens with zero attached hydrogens (tertiary/aromatic N) is 2. The van der Waals surface area contributed by atoms with Gasteiger partial charge < -0.3 is 15.7 Å². The Labute approximate surface area is 127 Å². The van der Waals surface area contributed by atoms with Crippen LogP contribution in [0, 0.1) is 5.41 Å². The van der Waals surface area contributed by atoms with Gasteiger partial charge in [0.05, 0.1) is 0 Å². The molecule has 1 aliphatic rings. The van der Waals surface area contributed by atoms with Crippen LogP contribution in [0.2, 0.25) is 0 Å². The van der Waals surface area contributed by atoms with Crippen LogP contribution in [0.1, 0.15) is 57.9 Å². The van der Waals surface area contributed by atoms with E-state index in [-0.39, 0.29) is 12.0 Å². The molecule has 0 radical (unpaired) electrons. The van der Waals surface area contributed by atoms with Gasteiger partial charge in [0.25, 0.3) is 0 Å². The van der Waals surface area contributed by atoms with Crippen LogP contribution in [0.4, 0.5) is 11.6 Å². The summed E-state index contributed by atoms with van der Waals surface area (Å²) in [4.78, 5) is 8.83. The second-order valence-corrected chi connectivity index (χ2v) is 6.39. The van der Waals surface area contributed by atoms with Gasteiger partial charge in [-0.2, -0.15) is 0 Å². The fourth-order valence-electron chi connectivity index (χ4n) is 2.67. The first-order chi connectivity index (χ1) is 10.1. The van der Waals surface area contributed by atoms with Gasteiger partial charge >= 0.3 is 0 Å². The molecule has 0 aliphatic heterocycles. The van der Waals surface area contributed by atoms with Crippen molar-refractivity contribution in [2.75, 3.05) is 30.3 Å². The summed E-state index contributed by atoms with van der Waals surface area (Å²) in [6.45, 7) is 8.56. The van der Waals surface area contributed by atoms with Gasteiger partial charge in [-0.1, -0.05) is 20.8 Å². The smallest absolute Gasteiger partial charge is 0.135 e. The summed E-state index contributed by atoms with van der Waals surface area (Å²) in [6.07, 6.45) is 5.97.